The second kappa shape index (κ2) is 7.98. The van der Waals surface area contributed by atoms with Gasteiger partial charge in [0.05, 0.1) is 11.2 Å². The zero-order valence-corrected chi connectivity index (χ0v) is 17.0. The molecule has 1 aromatic rings. The van der Waals surface area contributed by atoms with Crippen LogP contribution in [0.4, 0.5) is 5.69 Å². The maximum atomic E-state index is 11.4. The van der Waals surface area contributed by atoms with Gasteiger partial charge in [0.2, 0.25) is 5.91 Å². The summed E-state index contributed by atoms with van der Waals surface area (Å²) in [6, 6.07) is 7.50. The monoisotopic (exact) mass is 375 g/mol. The minimum Gasteiger partial charge on any atom is -0.400 e. The molecule has 0 radical (unpaired) electrons. The third kappa shape index (κ3) is 5.22. The molecule has 1 fully saturated rings. The molecule has 1 amide bonds. The smallest absolute Gasteiger partial charge is 0.400 e. The van der Waals surface area contributed by atoms with Gasteiger partial charge in [0.25, 0.3) is 0 Å². The number of amides is 1. The zero-order chi connectivity index (χ0) is 19.5. The van der Waals surface area contributed by atoms with Crippen LogP contribution >= 0.6 is 11.8 Å². The lowest BCUT2D eigenvalue weighted by molar-refractivity contribution is -0.114. The minimum atomic E-state index is -0.498. The molecule has 0 aliphatic carbocycles. The second-order valence-corrected chi connectivity index (χ2v) is 8.54. The fraction of sp³-hybridized carbons (Fsp3) is 0.474. The summed E-state index contributed by atoms with van der Waals surface area (Å²) in [5, 5.41) is 2.79. The maximum Gasteiger partial charge on any atom is 0.491 e. The Morgan fingerprint density at radius 2 is 1.62 bits per heavy atom. The molecule has 7 heteroatoms. The topological polar surface area (TPSA) is 64.6 Å². The van der Waals surface area contributed by atoms with E-state index in [4.69, 9.17) is 9.31 Å². The highest BCUT2D eigenvalue weighted by Crippen LogP contribution is 2.39. The first-order valence-corrected chi connectivity index (χ1v) is 9.56. The van der Waals surface area contributed by atoms with Gasteiger partial charge in [0.1, 0.15) is 0 Å². The van der Waals surface area contributed by atoms with Gasteiger partial charge in [-0.2, -0.15) is 0 Å². The summed E-state index contributed by atoms with van der Waals surface area (Å²) in [5.41, 5.74) is 1.72. The molecule has 1 saturated heterocycles. The van der Waals surface area contributed by atoms with Crippen LogP contribution in [0, 0.1) is 0 Å². The maximum absolute atomic E-state index is 11.4. The van der Waals surface area contributed by atoms with Gasteiger partial charge in [-0.1, -0.05) is 30.0 Å². The van der Waals surface area contributed by atoms with Crippen LogP contribution in [0.1, 0.15) is 47.1 Å². The number of anilines is 1. The van der Waals surface area contributed by atoms with Crippen molar-refractivity contribution in [2.75, 3.05) is 11.1 Å². The number of hydrogen-bond acceptors (Lipinski definition) is 5. The van der Waals surface area contributed by atoms with E-state index in [0.29, 0.717) is 5.75 Å². The molecule has 1 N–H and O–H groups in total. The van der Waals surface area contributed by atoms with Crippen molar-refractivity contribution in [3.05, 3.63) is 35.3 Å². The summed E-state index contributed by atoms with van der Waals surface area (Å²) in [7, 11) is -0.498. The van der Waals surface area contributed by atoms with Crippen molar-refractivity contribution in [1.82, 2.24) is 0 Å². The van der Waals surface area contributed by atoms with Crippen LogP contribution in [0.5, 0.6) is 0 Å². The number of benzene rings is 1. The molecule has 0 spiro atoms. The van der Waals surface area contributed by atoms with E-state index in [1.165, 1.54) is 18.7 Å². The fourth-order valence-corrected chi connectivity index (χ4v) is 3.03. The average Bonchev–Trinajstić information content (AvgIpc) is 2.72. The van der Waals surface area contributed by atoms with E-state index in [9.17, 15) is 9.59 Å². The molecular weight excluding hydrogens is 349 g/mol. The third-order valence-corrected chi connectivity index (χ3v) is 5.47. The summed E-state index contributed by atoms with van der Waals surface area (Å²) >= 11 is 1.23. The fourth-order valence-electron chi connectivity index (χ4n) is 2.44. The first-order chi connectivity index (χ1) is 12.0. The molecule has 0 saturated carbocycles. The molecule has 2 rings (SSSR count). The van der Waals surface area contributed by atoms with E-state index in [1.54, 1.807) is 6.92 Å². The quantitative estimate of drug-likeness (QED) is 0.790. The number of rotatable bonds is 5. The Hall–Kier alpha value is -1.57. The van der Waals surface area contributed by atoms with Crippen molar-refractivity contribution in [3.63, 3.8) is 0 Å². The van der Waals surface area contributed by atoms with E-state index >= 15 is 0 Å². The third-order valence-electron chi connectivity index (χ3n) is 4.58. The Kier molecular flexibility index (Phi) is 6.37. The number of carbonyl (C=O) groups excluding carboxylic acids is 2. The van der Waals surface area contributed by atoms with E-state index < -0.39 is 18.3 Å². The highest BCUT2D eigenvalue weighted by atomic mass is 32.2. The second-order valence-electron chi connectivity index (χ2n) is 7.39. The van der Waals surface area contributed by atoms with Crippen LogP contribution in [0.15, 0.2) is 29.7 Å². The molecule has 1 heterocycles. The number of hydrogen-bond donors (Lipinski definition) is 1. The Bertz CT molecular complexity index is 697. The van der Waals surface area contributed by atoms with Crippen molar-refractivity contribution in [3.8, 4) is 0 Å². The molecule has 0 atom stereocenters. The summed E-state index contributed by atoms with van der Waals surface area (Å²) in [6.07, 6.45) is 1.98. The Morgan fingerprint density at radius 3 is 2.08 bits per heavy atom. The lowest BCUT2D eigenvalue weighted by Gasteiger charge is -2.32. The Morgan fingerprint density at radius 1 is 1.08 bits per heavy atom. The summed E-state index contributed by atoms with van der Waals surface area (Å²) in [6.45, 7) is 11.0. The molecule has 0 bridgehead atoms. The van der Waals surface area contributed by atoms with Crippen molar-refractivity contribution in [2.24, 2.45) is 0 Å². The SMILES string of the molecule is CC(=O)Nc1ccc(C=C(CSC(C)=O)B2OC(C)(C)C(C)(C)O2)cc1. The Labute approximate surface area is 160 Å². The molecule has 1 aliphatic heterocycles. The molecule has 0 unspecified atom stereocenters. The predicted octanol–water partition coefficient (Wildman–Crippen LogP) is 3.94. The first-order valence-electron chi connectivity index (χ1n) is 8.57. The highest BCUT2D eigenvalue weighted by molar-refractivity contribution is 8.13. The first kappa shape index (κ1) is 20.7. The van der Waals surface area contributed by atoms with Crippen LogP contribution in [0.3, 0.4) is 0 Å². The van der Waals surface area contributed by atoms with Crippen LogP contribution in [-0.4, -0.2) is 35.1 Å². The highest BCUT2D eigenvalue weighted by Gasteiger charge is 2.52. The van der Waals surface area contributed by atoms with Crippen molar-refractivity contribution < 1.29 is 18.9 Å². The Balaban J connectivity index is 2.25. The summed E-state index contributed by atoms with van der Waals surface area (Å²) < 4.78 is 12.3. The van der Waals surface area contributed by atoms with Crippen LogP contribution in [0.25, 0.3) is 6.08 Å². The standard InChI is InChI=1S/C19H26BNO4S/c1-13(22)21-17-9-7-15(8-10-17)11-16(12-26-14(2)23)20-24-18(3,4)19(5,6)25-20/h7-11H,12H2,1-6H3,(H,21,22). The molecule has 140 valence electrons. The lowest BCUT2D eigenvalue weighted by Crippen LogP contribution is -2.41. The van der Waals surface area contributed by atoms with Gasteiger partial charge < -0.3 is 14.6 Å². The van der Waals surface area contributed by atoms with E-state index in [2.05, 4.69) is 5.32 Å². The molecule has 0 aromatic heterocycles. The van der Waals surface area contributed by atoms with Crippen molar-refractivity contribution >= 4 is 41.7 Å². The number of thioether (sulfide) groups is 1. The average molecular weight is 375 g/mol. The van der Waals surface area contributed by atoms with E-state index in [1.807, 2.05) is 58.0 Å². The lowest BCUT2D eigenvalue weighted by atomic mass is 9.78. The summed E-state index contributed by atoms with van der Waals surface area (Å²) in [4.78, 5) is 22.6. The molecule has 1 aliphatic rings. The van der Waals surface area contributed by atoms with Gasteiger partial charge in [-0.3, -0.25) is 9.59 Å². The normalized spacial score (nSPS) is 18.7. The van der Waals surface area contributed by atoms with Gasteiger partial charge >= 0.3 is 7.12 Å². The molecule has 1 aromatic carbocycles. The van der Waals surface area contributed by atoms with Crippen molar-refractivity contribution in [1.29, 1.82) is 0 Å². The largest absolute Gasteiger partial charge is 0.491 e. The van der Waals surface area contributed by atoms with Gasteiger partial charge in [0, 0.05) is 25.3 Å². The van der Waals surface area contributed by atoms with E-state index in [-0.39, 0.29) is 11.0 Å². The molecule has 26 heavy (non-hydrogen) atoms. The van der Waals surface area contributed by atoms with Crippen LogP contribution in [0.2, 0.25) is 0 Å². The van der Waals surface area contributed by atoms with Gasteiger partial charge in [-0.15, -0.1) is 0 Å². The molecule has 5 nitrogen and oxygen atoms in total. The molecular formula is C19H26BNO4S. The van der Waals surface area contributed by atoms with Crippen LogP contribution < -0.4 is 5.32 Å². The summed E-state index contributed by atoms with van der Waals surface area (Å²) in [5.74, 6) is 0.392. The minimum absolute atomic E-state index is 0.0495. The number of carbonyl (C=O) groups is 2. The number of nitrogens with one attached hydrogen (secondary N) is 1. The van der Waals surface area contributed by atoms with Gasteiger partial charge in [0.15, 0.2) is 5.12 Å². The zero-order valence-electron chi connectivity index (χ0n) is 16.2. The predicted molar refractivity (Wildman–Crippen MR) is 108 cm³/mol. The van der Waals surface area contributed by atoms with Gasteiger partial charge in [-0.05, 0) is 50.9 Å². The van der Waals surface area contributed by atoms with E-state index in [0.717, 1.165) is 16.7 Å². The van der Waals surface area contributed by atoms with Crippen LogP contribution in [-0.2, 0) is 18.9 Å². The van der Waals surface area contributed by atoms with Crippen molar-refractivity contribution in [2.45, 2.75) is 52.7 Å². The van der Waals surface area contributed by atoms with Gasteiger partial charge in [-0.25, -0.2) is 0 Å².